The molecule has 1 aliphatic carbocycles. The van der Waals surface area contributed by atoms with Crippen LogP contribution in [0.4, 0.5) is 24.5 Å². The van der Waals surface area contributed by atoms with Crippen LogP contribution in [-0.4, -0.2) is 55.7 Å². The number of aryl methyl sites for hydroxylation is 1. The molecule has 0 unspecified atom stereocenters. The van der Waals surface area contributed by atoms with Crippen LogP contribution in [0.25, 0.3) is 0 Å². The van der Waals surface area contributed by atoms with Gasteiger partial charge in [0, 0.05) is 48.6 Å². The zero-order valence-electron chi connectivity index (χ0n) is 19.8. The first kappa shape index (κ1) is 25.6. The summed E-state index contributed by atoms with van der Waals surface area (Å²) in [6, 6.07) is 12.2. The van der Waals surface area contributed by atoms with Crippen LogP contribution < -0.4 is 10.2 Å². The Hall–Kier alpha value is -2.45. The molecular weight excluding hydrogens is 479 g/mol. The molecular formula is C26H31ClF3N3O2. The minimum absolute atomic E-state index is 0.00433. The highest BCUT2D eigenvalue weighted by Gasteiger charge is 2.33. The van der Waals surface area contributed by atoms with E-state index in [-0.39, 0.29) is 30.2 Å². The van der Waals surface area contributed by atoms with E-state index in [9.17, 15) is 18.0 Å². The number of carbonyl (C=O) groups excluding carboxylic acids is 1. The van der Waals surface area contributed by atoms with Crippen LogP contribution in [0.15, 0.2) is 42.5 Å². The van der Waals surface area contributed by atoms with Crippen LogP contribution in [0.2, 0.25) is 5.02 Å². The van der Waals surface area contributed by atoms with Crippen LogP contribution in [0.3, 0.4) is 0 Å². The molecule has 2 aromatic carbocycles. The standard InChI is InChI=1S/C26H31ClF3N3O2/c1-18-5-6-21(16-24(18)26(28,29)30)31-20-7-9-23(10-8-20)35-17-25(34)33-13-11-32(12-14-33)22-4-2-3-19(27)15-22/h2-6,15-16,20,23,31H,7-14,17H2,1H3. The van der Waals surface area contributed by atoms with Crippen molar-refractivity contribution in [2.75, 3.05) is 43.0 Å². The van der Waals surface area contributed by atoms with E-state index in [1.165, 1.54) is 19.1 Å². The fraction of sp³-hybridized carbons (Fsp3) is 0.500. The molecule has 1 saturated carbocycles. The number of carbonyl (C=O) groups is 1. The molecule has 0 aromatic heterocycles. The number of hydrogen-bond donors (Lipinski definition) is 1. The maximum Gasteiger partial charge on any atom is 0.416 e. The van der Waals surface area contributed by atoms with Crippen LogP contribution in [0.5, 0.6) is 0 Å². The molecule has 2 aliphatic rings. The highest BCUT2D eigenvalue weighted by molar-refractivity contribution is 6.30. The number of benzene rings is 2. The fourth-order valence-electron chi connectivity index (χ4n) is 4.79. The molecule has 1 saturated heterocycles. The summed E-state index contributed by atoms with van der Waals surface area (Å²) in [4.78, 5) is 16.7. The van der Waals surface area contributed by atoms with E-state index in [0.29, 0.717) is 23.8 Å². The van der Waals surface area contributed by atoms with Crippen LogP contribution in [0.1, 0.15) is 36.8 Å². The van der Waals surface area contributed by atoms with Gasteiger partial charge in [-0.1, -0.05) is 23.7 Å². The van der Waals surface area contributed by atoms with Crippen molar-refractivity contribution < 1.29 is 22.7 Å². The van der Waals surface area contributed by atoms with Crippen molar-refractivity contribution >= 4 is 28.9 Å². The number of alkyl halides is 3. The van der Waals surface area contributed by atoms with E-state index in [0.717, 1.165) is 44.5 Å². The fourth-order valence-corrected chi connectivity index (χ4v) is 4.98. The van der Waals surface area contributed by atoms with E-state index in [1.807, 2.05) is 29.2 Å². The van der Waals surface area contributed by atoms with Crippen LogP contribution >= 0.6 is 11.6 Å². The van der Waals surface area contributed by atoms with Crippen LogP contribution in [-0.2, 0) is 15.7 Å². The maximum atomic E-state index is 13.2. The van der Waals surface area contributed by atoms with Crippen molar-refractivity contribution in [2.45, 2.75) is 50.9 Å². The van der Waals surface area contributed by atoms with Gasteiger partial charge >= 0.3 is 6.18 Å². The lowest BCUT2D eigenvalue weighted by molar-refractivity contribution is -0.139. The molecule has 1 heterocycles. The molecule has 0 spiro atoms. The Balaban J connectivity index is 1.18. The van der Waals surface area contributed by atoms with Gasteiger partial charge in [0.25, 0.3) is 0 Å². The summed E-state index contributed by atoms with van der Waals surface area (Å²) in [6.07, 6.45) is -1.26. The summed E-state index contributed by atoms with van der Waals surface area (Å²) in [5.41, 5.74) is 1.16. The molecule has 0 bridgehead atoms. The third kappa shape index (κ3) is 6.82. The third-order valence-corrected chi connectivity index (χ3v) is 7.07. The first-order valence-corrected chi connectivity index (χ1v) is 12.4. The lowest BCUT2D eigenvalue weighted by Crippen LogP contribution is -2.50. The van der Waals surface area contributed by atoms with Gasteiger partial charge in [-0.05, 0) is 68.5 Å². The zero-order chi connectivity index (χ0) is 25.0. The number of nitrogens with zero attached hydrogens (tertiary/aromatic N) is 2. The highest BCUT2D eigenvalue weighted by Crippen LogP contribution is 2.34. The van der Waals surface area contributed by atoms with Gasteiger partial charge in [0.1, 0.15) is 6.61 Å². The van der Waals surface area contributed by atoms with Gasteiger partial charge in [-0.25, -0.2) is 0 Å². The summed E-state index contributed by atoms with van der Waals surface area (Å²) in [5, 5.41) is 3.93. The summed E-state index contributed by atoms with van der Waals surface area (Å²) >= 11 is 6.08. The number of amides is 1. The minimum atomic E-state index is -4.36. The predicted molar refractivity (Wildman–Crippen MR) is 132 cm³/mol. The van der Waals surface area contributed by atoms with Crippen molar-refractivity contribution in [1.82, 2.24) is 4.90 Å². The van der Waals surface area contributed by atoms with Crippen molar-refractivity contribution in [2.24, 2.45) is 0 Å². The summed E-state index contributed by atoms with van der Waals surface area (Å²) < 4.78 is 45.4. The Morgan fingerprint density at radius 1 is 1.06 bits per heavy atom. The van der Waals surface area contributed by atoms with E-state index in [1.54, 1.807) is 6.07 Å². The summed E-state index contributed by atoms with van der Waals surface area (Å²) in [7, 11) is 0. The van der Waals surface area contributed by atoms with E-state index in [4.69, 9.17) is 16.3 Å². The second kappa shape index (κ2) is 11.1. The molecule has 2 aromatic rings. The van der Waals surface area contributed by atoms with Gasteiger partial charge in [-0.3, -0.25) is 4.79 Å². The number of rotatable bonds is 6. The molecule has 2 fully saturated rings. The lowest BCUT2D eigenvalue weighted by Gasteiger charge is -2.36. The van der Waals surface area contributed by atoms with Gasteiger partial charge in [0.15, 0.2) is 0 Å². The molecule has 1 N–H and O–H groups in total. The van der Waals surface area contributed by atoms with Gasteiger partial charge in [0.2, 0.25) is 5.91 Å². The lowest BCUT2D eigenvalue weighted by atomic mass is 9.92. The molecule has 4 rings (SSSR count). The molecule has 1 amide bonds. The molecule has 5 nitrogen and oxygen atoms in total. The van der Waals surface area contributed by atoms with Gasteiger partial charge in [-0.2, -0.15) is 13.2 Å². The molecule has 0 atom stereocenters. The van der Waals surface area contributed by atoms with Crippen LogP contribution in [0, 0.1) is 6.92 Å². The number of nitrogens with one attached hydrogen (secondary N) is 1. The average molecular weight is 510 g/mol. The van der Waals surface area contributed by atoms with Gasteiger partial charge in [-0.15, -0.1) is 0 Å². The Morgan fingerprint density at radius 3 is 2.43 bits per heavy atom. The molecule has 190 valence electrons. The van der Waals surface area contributed by atoms with Crippen molar-refractivity contribution in [1.29, 1.82) is 0 Å². The summed E-state index contributed by atoms with van der Waals surface area (Å²) in [5.74, 6) is -0.00433. The highest BCUT2D eigenvalue weighted by atomic mass is 35.5. The van der Waals surface area contributed by atoms with Gasteiger partial charge in [0.05, 0.1) is 11.7 Å². The minimum Gasteiger partial charge on any atom is -0.382 e. The number of piperazine rings is 1. The monoisotopic (exact) mass is 509 g/mol. The zero-order valence-corrected chi connectivity index (χ0v) is 20.5. The number of anilines is 2. The first-order chi connectivity index (χ1) is 16.7. The number of hydrogen-bond acceptors (Lipinski definition) is 4. The maximum absolute atomic E-state index is 13.2. The van der Waals surface area contributed by atoms with E-state index >= 15 is 0 Å². The predicted octanol–water partition coefficient (Wildman–Crippen LogP) is 5.76. The average Bonchev–Trinajstić information content (AvgIpc) is 2.84. The quantitative estimate of drug-likeness (QED) is 0.538. The Kier molecular flexibility index (Phi) is 8.12. The van der Waals surface area contributed by atoms with Crippen molar-refractivity contribution in [3.63, 3.8) is 0 Å². The van der Waals surface area contributed by atoms with Crippen molar-refractivity contribution in [3.05, 3.63) is 58.6 Å². The number of halogens is 4. The van der Waals surface area contributed by atoms with Crippen molar-refractivity contribution in [3.8, 4) is 0 Å². The van der Waals surface area contributed by atoms with E-state index in [2.05, 4.69) is 10.2 Å². The Morgan fingerprint density at radius 2 is 1.77 bits per heavy atom. The van der Waals surface area contributed by atoms with E-state index < -0.39 is 11.7 Å². The second-order valence-corrected chi connectivity index (χ2v) is 9.74. The Bertz CT molecular complexity index is 1020. The third-order valence-electron chi connectivity index (χ3n) is 6.84. The number of ether oxygens (including phenoxy) is 1. The topological polar surface area (TPSA) is 44.8 Å². The van der Waals surface area contributed by atoms with Gasteiger partial charge < -0.3 is 19.9 Å². The first-order valence-electron chi connectivity index (χ1n) is 12.0. The molecule has 1 aliphatic heterocycles. The SMILES string of the molecule is Cc1ccc(NC2CCC(OCC(=O)N3CCN(c4cccc(Cl)c4)CC3)CC2)cc1C(F)(F)F. The Labute approximate surface area is 209 Å². The summed E-state index contributed by atoms with van der Waals surface area (Å²) in [6.45, 7) is 4.31. The second-order valence-electron chi connectivity index (χ2n) is 9.30. The smallest absolute Gasteiger partial charge is 0.382 e. The molecule has 0 radical (unpaired) electrons. The molecule has 35 heavy (non-hydrogen) atoms. The normalized spacial score (nSPS) is 21.2. The molecule has 9 heteroatoms. The largest absolute Gasteiger partial charge is 0.416 e.